The molecule has 0 heterocycles. The molecule has 0 aliphatic carbocycles. The maximum atomic E-state index is 12.6. The van der Waals surface area contributed by atoms with Crippen LogP contribution >= 0.6 is 0 Å². The highest BCUT2D eigenvalue weighted by Gasteiger charge is 2.65. The van der Waals surface area contributed by atoms with Crippen LogP contribution in [0.15, 0.2) is 0 Å². The lowest BCUT2D eigenvalue weighted by atomic mass is 9.63. The van der Waals surface area contributed by atoms with Crippen molar-refractivity contribution in [2.45, 2.75) is 122 Å². The molecule has 0 fully saturated rings. The van der Waals surface area contributed by atoms with E-state index in [1.807, 2.05) is 20.8 Å². The molecule has 7 nitrogen and oxygen atoms in total. The average Bonchev–Trinajstić information content (AvgIpc) is 2.65. The van der Waals surface area contributed by atoms with E-state index in [1.54, 1.807) is 0 Å². The minimum atomic E-state index is -5.18. The summed E-state index contributed by atoms with van der Waals surface area (Å²) in [5.41, 5.74) is -1.32. The van der Waals surface area contributed by atoms with Gasteiger partial charge in [-0.1, -0.05) is 91.4 Å². The van der Waals surface area contributed by atoms with Gasteiger partial charge in [-0.25, -0.2) is 0 Å². The summed E-state index contributed by atoms with van der Waals surface area (Å²) < 4.78 is 32.6. The first-order valence-electron chi connectivity index (χ1n) is 11.5. The average molecular weight is 451 g/mol. The molecule has 0 aromatic heterocycles. The number of rotatable bonds is 19. The van der Waals surface area contributed by atoms with Crippen LogP contribution in [-0.2, 0) is 19.7 Å². The Morgan fingerprint density at radius 2 is 1.07 bits per heavy atom. The van der Waals surface area contributed by atoms with E-state index < -0.39 is 38.6 Å². The molecule has 178 valence electrons. The lowest BCUT2D eigenvalue weighted by molar-refractivity contribution is -0.152. The van der Waals surface area contributed by atoms with E-state index in [1.165, 1.54) is 0 Å². The van der Waals surface area contributed by atoms with Crippen LogP contribution in [0.1, 0.15) is 117 Å². The van der Waals surface area contributed by atoms with Crippen LogP contribution in [0.5, 0.6) is 0 Å². The molecular weight excluding hydrogens is 408 g/mol. The molecule has 0 aromatic rings. The van der Waals surface area contributed by atoms with Crippen molar-refractivity contribution in [2.75, 3.05) is 0 Å². The summed E-state index contributed by atoms with van der Waals surface area (Å²) in [6.45, 7) is 6.08. The van der Waals surface area contributed by atoms with Crippen LogP contribution in [-0.4, -0.2) is 39.9 Å². The van der Waals surface area contributed by atoms with Crippen molar-refractivity contribution < 1.29 is 32.8 Å². The van der Waals surface area contributed by atoms with Gasteiger partial charge in [0, 0.05) is 5.41 Å². The van der Waals surface area contributed by atoms with Crippen molar-refractivity contribution in [3.05, 3.63) is 0 Å². The Morgan fingerprint density at radius 3 is 1.37 bits per heavy atom. The first kappa shape index (κ1) is 28.9. The molecule has 0 rings (SSSR count). The van der Waals surface area contributed by atoms with E-state index in [9.17, 15) is 32.8 Å². The molecule has 30 heavy (non-hydrogen) atoms. The second-order valence-electron chi connectivity index (χ2n) is 8.54. The summed E-state index contributed by atoms with van der Waals surface area (Å²) in [6.07, 6.45) is 8.62. The Hall–Kier alpha value is -1.15. The zero-order chi connectivity index (χ0) is 23.3. The topological polar surface area (TPSA) is 129 Å². The van der Waals surface area contributed by atoms with Crippen molar-refractivity contribution in [3.63, 3.8) is 0 Å². The van der Waals surface area contributed by atoms with Crippen LogP contribution in [0.2, 0.25) is 0 Å². The number of carboxylic acid groups (broad SMARTS) is 2. The number of carboxylic acids is 2. The summed E-state index contributed by atoms with van der Waals surface area (Å²) in [5.74, 6) is -3.29. The third-order valence-corrected chi connectivity index (χ3v) is 7.95. The van der Waals surface area contributed by atoms with Crippen LogP contribution in [0.3, 0.4) is 0 Å². The van der Waals surface area contributed by atoms with Gasteiger partial charge in [-0.15, -0.1) is 0 Å². The summed E-state index contributed by atoms with van der Waals surface area (Å²) in [6, 6.07) is 0. The maximum Gasteiger partial charge on any atom is 0.328 e. The zero-order valence-corrected chi connectivity index (χ0v) is 19.8. The second-order valence-corrected chi connectivity index (χ2v) is 10.2. The molecule has 0 aliphatic heterocycles. The van der Waals surface area contributed by atoms with Gasteiger partial charge in [0.15, 0.2) is 0 Å². The summed E-state index contributed by atoms with van der Waals surface area (Å²) >= 11 is 0. The molecule has 0 saturated heterocycles. The van der Waals surface area contributed by atoms with Crippen LogP contribution in [0.4, 0.5) is 0 Å². The lowest BCUT2D eigenvalue weighted by Gasteiger charge is -2.46. The highest BCUT2D eigenvalue weighted by atomic mass is 32.2. The summed E-state index contributed by atoms with van der Waals surface area (Å²) in [7, 11) is -5.18. The fourth-order valence-corrected chi connectivity index (χ4v) is 6.03. The lowest BCUT2D eigenvalue weighted by Crippen LogP contribution is -2.60. The Bertz CT molecular complexity index is 603. The SMILES string of the molecule is CCCCCCC(CCCCC)(CCCCCC)C(CC(=O)O)(C(=O)O)S(=O)(=O)O. The van der Waals surface area contributed by atoms with E-state index >= 15 is 0 Å². The van der Waals surface area contributed by atoms with E-state index in [0.29, 0.717) is 19.3 Å². The normalized spacial score (nSPS) is 14.4. The predicted octanol–water partition coefficient (Wildman–Crippen LogP) is 5.68. The van der Waals surface area contributed by atoms with Crippen LogP contribution < -0.4 is 0 Å². The first-order chi connectivity index (χ1) is 14.0. The van der Waals surface area contributed by atoms with Crippen LogP contribution in [0.25, 0.3) is 0 Å². The van der Waals surface area contributed by atoms with Crippen LogP contribution in [0, 0.1) is 5.41 Å². The van der Waals surface area contributed by atoms with E-state index in [0.717, 1.165) is 51.4 Å². The Kier molecular flexibility index (Phi) is 13.5. The van der Waals surface area contributed by atoms with Crippen molar-refractivity contribution in [2.24, 2.45) is 5.41 Å². The molecule has 0 radical (unpaired) electrons. The summed E-state index contributed by atoms with van der Waals surface area (Å²) in [4.78, 5) is 24.1. The molecule has 0 saturated carbocycles. The van der Waals surface area contributed by atoms with Gasteiger partial charge < -0.3 is 10.2 Å². The fourth-order valence-electron chi connectivity index (χ4n) is 4.65. The van der Waals surface area contributed by atoms with Crippen molar-refractivity contribution in [1.29, 1.82) is 0 Å². The standard InChI is InChI=1S/C22H42O7S/c1-4-7-10-13-16-21(15-12-9-6-3,17-14-11-8-5-2)22(20(25)26,18-19(23)24)30(27,28)29/h4-18H2,1-3H3,(H,23,24)(H,25,26)(H,27,28,29). The molecule has 0 aromatic carbocycles. The maximum absolute atomic E-state index is 12.6. The number of hydrogen-bond acceptors (Lipinski definition) is 4. The second kappa shape index (κ2) is 14.0. The van der Waals surface area contributed by atoms with Gasteiger partial charge in [0.05, 0.1) is 6.42 Å². The molecule has 0 amide bonds. The van der Waals surface area contributed by atoms with E-state index in [-0.39, 0.29) is 19.3 Å². The Balaban J connectivity index is 6.46. The molecular formula is C22H42O7S. The predicted molar refractivity (Wildman–Crippen MR) is 118 cm³/mol. The smallest absolute Gasteiger partial charge is 0.328 e. The third-order valence-electron chi connectivity index (χ3n) is 6.32. The minimum absolute atomic E-state index is 0.276. The van der Waals surface area contributed by atoms with Gasteiger partial charge in [0.2, 0.25) is 4.75 Å². The Labute approximate surface area is 182 Å². The van der Waals surface area contributed by atoms with Crippen molar-refractivity contribution >= 4 is 22.1 Å². The minimum Gasteiger partial charge on any atom is -0.481 e. The Morgan fingerprint density at radius 1 is 0.700 bits per heavy atom. The molecule has 1 unspecified atom stereocenters. The number of unbranched alkanes of at least 4 members (excludes halogenated alkanes) is 8. The monoisotopic (exact) mass is 450 g/mol. The van der Waals surface area contributed by atoms with Gasteiger partial charge in [0.25, 0.3) is 10.1 Å². The number of aliphatic carboxylic acids is 2. The third kappa shape index (κ3) is 7.84. The number of carbonyl (C=O) groups is 2. The van der Waals surface area contributed by atoms with E-state index in [2.05, 4.69) is 0 Å². The molecule has 0 bridgehead atoms. The largest absolute Gasteiger partial charge is 0.481 e. The van der Waals surface area contributed by atoms with Gasteiger partial charge >= 0.3 is 11.9 Å². The molecule has 1 atom stereocenters. The van der Waals surface area contributed by atoms with Crippen molar-refractivity contribution in [1.82, 2.24) is 0 Å². The molecule has 3 N–H and O–H groups in total. The zero-order valence-electron chi connectivity index (χ0n) is 19.0. The molecule has 0 aliphatic rings. The first-order valence-corrected chi connectivity index (χ1v) is 12.9. The molecule has 0 spiro atoms. The van der Waals surface area contributed by atoms with Crippen molar-refractivity contribution in [3.8, 4) is 0 Å². The van der Waals surface area contributed by atoms with Gasteiger partial charge in [-0.05, 0) is 19.3 Å². The highest BCUT2D eigenvalue weighted by molar-refractivity contribution is 7.88. The summed E-state index contributed by atoms with van der Waals surface area (Å²) in [5, 5.41) is 19.6. The van der Waals surface area contributed by atoms with Gasteiger partial charge in [-0.3, -0.25) is 14.1 Å². The number of hydrogen-bond donors (Lipinski definition) is 3. The quantitative estimate of drug-likeness (QED) is 0.170. The van der Waals surface area contributed by atoms with Gasteiger partial charge in [0.1, 0.15) is 0 Å². The highest BCUT2D eigenvalue weighted by Crippen LogP contribution is 2.52. The molecule has 8 heteroatoms. The van der Waals surface area contributed by atoms with E-state index in [4.69, 9.17) is 0 Å². The fraction of sp³-hybridized carbons (Fsp3) is 0.909. The van der Waals surface area contributed by atoms with Gasteiger partial charge in [-0.2, -0.15) is 8.42 Å².